The molecule has 5 nitrogen and oxygen atoms in total. The first-order valence-electron chi connectivity index (χ1n) is 8.39. The smallest absolute Gasteiger partial charge is 0.224 e. The van der Waals surface area contributed by atoms with Crippen molar-refractivity contribution in [2.45, 2.75) is 39.2 Å². The van der Waals surface area contributed by atoms with E-state index in [1.54, 1.807) is 11.9 Å². The zero-order chi connectivity index (χ0) is 16.9. The maximum Gasteiger partial charge on any atom is 0.224 e. The fraction of sp³-hybridized carbons (Fsp3) is 0.556. The summed E-state index contributed by atoms with van der Waals surface area (Å²) < 4.78 is 0. The van der Waals surface area contributed by atoms with Crippen molar-refractivity contribution in [3.05, 3.63) is 35.9 Å². The largest absolute Gasteiger partial charge is 0.356 e. The Morgan fingerprint density at radius 3 is 2.48 bits per heavy atom. The normalized spacial score (nSPS) is 11.2. The van der Waals surface area contributed by atoms with E-state index in [2.05, 4.69) is 22.5 Å². The minimum atomic E-state index is 0.128. The third-order valence-corrected chi connectivity index (χ3v) is 3.62. The quantitative estimate of drug-likeness (QED) is 0.417. The molecule has 23 heavy (non-hydrogen) atoms. The van der Waals surface area contributed by atoms with Crippen LogP contribution in [0.2, 0.25) is 0 Å². The second-order valence-corrected chi connectivity index (χ2v) is 5.62. The van der Waals surface area contributed by atoms with Gasteiger partial charge in [-0.1, -0.05) is 50.1 Å². The van der Waals surface area contributed by atoms with E-state index in [0.717, 1.165) is 24.5 Å². The first-order chi connectivity index (χ1) is 11.2. The molecule has 0 aromatic heterocycles. The maximum absolute atomic E-state index is 12.1. The van der Waals surface area contributed by atoms with Gasteiger partial charge in [0.05, 0.1) is 0 Å². The Labute approximate surface area is 140 Å². The molecule has 5 heteroatoms. The van der Waals surface area contributed by atoms with Crippen molar-refractivity contribution in [1.29, 1.82) is 0 Å². The van der Waals surface area contributed by atoms with Crippen molar-refractivity contribution in [1.82, 2.24) is 15.5 Å². The van der Waals surface area contributed by atoms with Gasteiger partial charge in [0.2, 0.25) is 5.91 Å². The number of aliphatic imine (C=N–C) groups is 1. The number of carbonyl (C=O) groups excluding carboxylic acids is 1. The minimum Gasteiger partial charge on any atom is -0.356 e. The number of nitrogens with one attached hydrogen (secondary N) is 2. The van der Waals surface area contributed by atoms with Gasteiger partial charge in [0, 0.05) is 40.2 Å². The predicted octanol–water partition coefficient (Wildman–Crippen LogP) is 2.39. The molecule has 0 aliphatic carbocycles. The molecule has 0 spiro atoms. The highest BCUT2D eigenvalue weighted by Gasteiger charge is 2.09. The van der Waals surface area contributed by atoms with E-state index in [1.165, 1.54) is 12.8 Å². The number of nitrogens with zero attached hydrogens (tertiary/aromatic N) is 2. The summed E-state index contributed by atoms with van der Waals surface area (Å²) in [5.74, 6) is 0.891. The lowest BCUT2D eigenvalue weighted by Crippen LogP contribution is -2.39. The molecule has 0 heterocycles. The Balaban J connectivity index is 2.24. The van der Waals surface area contributed by atoms with Gasteiger partial charge in [-0.25, -0.2) is 0 Å². The van der Waals surface area contributed by atoms with Crippen molar-refractivity contribution in [2.75, 3.05) is 27.2 Å². The van der Waals surface area contributed by atoms with Gasteiger partial charge in [-0.2, -0.15) is 0 Å². The Bertz CT molecular complexity index is 473. The van der Waals surface area contributed by atoms with E-state index in [0.29, 0.717) is 19.5 Å². The highest BCUT2D eigenvalue weighted by Crippen LogP contribution is 2.03. The molecule has 0 radical (unpaired) electrons. The summed E-state index contributed by atoms with van der Waals surface area (Å²) in [4.78, 5) is 18.1. The van der Waals surface area contributed by atoms with Gasteiger partial charge >= 0.3 is 0 Å². The standard InChI is InChI=1S/C18H30N4O/c1-4-5-9-13-20-18(19-2)21-14-12-17(23)22(3)15-16-10-7-6-8-11-16/h6-8,10-11H,4-5,9,12-15H2,1-3H3,(H2,19,20,21). The van der Waals surface area contributed by atoms with E-state index in [4.69, 9.17) is 0 Å². The van der Waals surface area contributed by atoms with Crippen molar-refractivity contribution >= 4 is 11.9 Å². The summed E-state index contributed by atoms with van der Waals surface area (Å²) >= 11 is 0. The first-order valence-corrected chi connectivity index (χ1v) is 8.39. The van der Waals surface area contributed by atoms with Crippen molar-refractivity contribution < 1.29 is 4.79 Å². The van der Waals surface area contributed by atoms with Gasteiger partial charge in [0.1, 0.15) is 0 Å². The lowest BCUT2D eigenvalue weighted by Gasteiger charge is -2.18. The van der Waals surface area contributed by atoms with Crippen LogP contribution in [0.25, 0.3) is 0 Å². The molecule has 0 saturated heterocycles. The fourth-order valence-electron chi connectivity index (χ4n) is 2.23. The van der Waals surface area contributed by atoms with Crippen molar-refractivity contribution in [3.8, 4) is 0 Å². The molecule has 0 saturated carbocycles. The molecule has 128 valence electrons. The van der Waals surface area contributed by atoms with Gasteiger partial charge in [-0.05, 0) is 12.0 Å². The summed E-state index contributed by atoms with van der Waals surface area (Å²) in [6.07, 6.45) is 4.01. The molecular formula is C18H30N4O. The average molecular weight is 318 g/mol. The lowest BCUT2D eigenvalue weighted by molar-refractivity contribution is -0.130. The van der Waals surface area contributed by atoms with Gasteiger partial charge in [0.25, 0.3) is 0 Å². The zero-order valence-corrected chi connectivity index (χ0v) is 14.6. The van der Waals surface area contributed by atoms with Crippen LogP contribution in [0.1, 0.15) is 38.2 Å². The zero-order valence-electron chi connectivity index (χ0n) is 14.6. The number of amides is 1. The topological polar surface area (TPSA) is 56.7 Å². The Kier molecular flexibility index (Phi) is 9.52. The van der Waals surface area contributed by atoms with Gasteiger partial charge in [-0.3, -0.25) is 9.79 Å². The third kappa shape index (κ3) is 8.24. The number of guanidine groups is 1. The fourth-order valence-corrected chi connectivity index (χ4v) is 2.23. The predicted molar refractivity (Wildman–Crippen MR) is 96.4 cm³/mol. The molecule has 1 amide bonds. The molecule has 1 rings (SSSR count). The van der Waals surface area contributed by atoms with Gasteiger partial charge in [0.15, 0.2) is 5.96 Å². The van der Waals surface area contributed by atoms with Gasteiger partial charge in [-0.15, -0.1) is 0 Å². The molecule has 0 fully saturated rings. The average Bonchev–Trinajstić information content (AvgIpc) is 2.57. The van der Waals surface area contributed by atoms with Crippen molar-refractivity contribution in [3.63, 3.8) is 0 Å². The highest BCUT2D eigenvalue weighted by atomic mass is 16.2. The summed E-state index contributed by atoms with van der Waals surface area (Å²) in [5, 5.41) is 6.45. The summed E-state index contributed by atoms with van der Waals surface area (Å²) in [7, 11) is 3.59. The van der Waals surface area contributed by atoms with Crippen LogP contribution >= 0.6 is 0 Å². The Hall–Kier alpha value is -2.04. The lowest BCUT2D eigenvalue weighted by atomic mass is 10.2. The van der Waals surface area contributed by atoms with E-state index in [-0.39, 0.29) is 5.91 Å². The van der Waals surface area contributed by atoms with E-state index >= 15 is 0 Å². The second kappa shape index (κ2) is 11.5. The SMILES string of the molecule is CCCCCNC(=NC)NCCC(=O)N(C)Cc1ccccc1. The molecule has 0 unspecified atom stereocenters. The molecule has 1 aromatic rings. The van der Waals surface area contributed by atoms with Crippen LogP contribution in [-0.2, 0) is 11.3 Å². The molecule has 2 N–H and O–H groups in total. The van der Waals surface area contributed by atoms with E-state index in [9.17, 15) is 4.79 Å². The van der Waals surface area contributed by atoms with Crippen LogP contribution in [0.3, 0.4) is 0 Å². The molecule has 1 aromatic carbocycles. The monoisotopic (exact) mass is 318 g/mol. The third-order valence-electron chi connectivity index (χ3n) is 3.62. The molecule has 0 bridgehead atoms. The second-order valence-electron chi connectivity index (χ2n) is 5.62. The van der Waals surface area contributed by atoms with Gasteiger partial charge < -0.3 is 15.5 Å². The highest BCUT2D eigenvalue weighted by molar-refractivity contribution is 5.81. The molecular weight excluding hydrogens is 288 g/mol. The number of carbonyl (C=O) groups is 1. The molecule has 0 aliphatic heterocycles. The van der Waals surface area contributed by atoms with Crippen LogP contribution in [0.15, 0.2) is 35.3 Å². The number of hydrogen-bond donors (Lipinski definition) is 2. The summed E-state index contributed by atoms with van der Waals surface area (Å²) in [5.41, 5.74) is 1.14. The van der Waals surface area contributed by atoms with E-state index < -0.39 is 0 Å². The number of rotatable bonds is 9. The van der Waals surface area contributed by atoms with Crippen LogP contribution in [0, 0.1) is 0 Å². The van der Waals surface area contributed by atoms with Crippen LogP contribution < -0.4 is 10.6 Å². The van der Waals surface area contributed by atoms with Crippen LogP contribution in [0.4, 0.5) is 0 Å². The Morgan fingerprint density at radius 1 is 1.13 bits per heavy atom. The minimum absolute atomic E-state index is 0.128. The van der Waals surface area contributed by atoms with Crippen LogP contribution in [-0.4, -0.2) is 44.0 Å². The Morgan fingerprint density at radius 2 is 1.83 bits per heavy atom. The summed E-state index contributed by atoms with van der Waals surface area (Å²) in [6, 6.07) is 10.0. The number of hydrogen-bond acceptors (Lipinski definition) is 2. The first kappa shape index (κ1) is 19.0. The molecule has 0 aliphatic rings. The van der Waals surface area contributed by atoms with Crippen molar-refractivity contribution in [2.24, 2.45) is 4.99 Å². The summed E-state index contributed by atoms with van der Waals surface area (Å²) in [6.45, 7) is 4.33. The molecule has 0 atom stereocenters. The van der Waals surface area contributed by atoms with E-state index in [1.807, 2.05) is 37.4 Å². The maximum atomic E-state index is 12.1. The number of unbranched alkanes of at least 4 members (excludes halogenated alkanes) is 2. The van der Waals surface area contributed by atoms with Crippen LogP contribution in [0.5, 0.6) is 0 Å². The number of benzene rings is 1.